The Labute approximate surface area is 88.6 Å². The minimum absolute atomic E-state index is 0.201. The third-order valence-electron chi connectivity index (χ3n) is 2.20. The summed E-state index contributed by atoms with van der Waals surface area (Å²) in [5.41, 5.74) is 0. The van der Waals surface area contributed by atoms with Crippen LogP contribution in [0.3, 0.4) is 0 Å². The van der Waals surface area contributed by atoms with E-state index in [0.29, 0.717) is 5.15 Å². The molecule has 0 bridgehead atoms. The molecule has 2 rings (SSSR count). The summed E-state index contributed by atoms with van der Waals surface area (Å²) in [7, 11) is 0. The van der Waals surface area contributed by atoms with Crippen LogP contribution in [-0.2, 0) is 0 Å². The fourth-order valence-corrected chi connectivity index (χ4v) is 1.60. The molecule has 0 aliphatic heterocycles. The highest BCUT2D eigenvalue weighted by atomic mass is 35.5. The van der Waals surface area contributed by atoms with Gasteiger partial charge in [-0.3, -0.25) is 0 Å². The van der Waals surface area contributed by atoms with Crippen molar-refractivity contribution >= 4 is 11.6 Å². The molecule has 2 nitrogen and oxygen atoms in total. The summed E-state index contributed by atoms with van der Waals surface area (Å²) >= 11 is 5.67. The van der Waals surface area contributed by atoms with Crippen LogP contribution >= 0.6 is 11.6 Å². The molecule has 0 amide bonds. The molecule has 3 heteroatoms. The van der Waals surface area contributed by atoms with Crippen molar-refractivity contribution in [1.82, 2.24) is 4.98 Å². The number of halogens is 1. The molecule has 0 spiro atoms. The number of hydrogen-bond acceptors (Lipinski definition) is 2. The van der Waals surface area contributed by atoms with Gasteiger partial charge in [0, 0.05) is 0 Å². The first-order valence-electron chi connectivity index (χ1n) is 4.79. The maximum atomic E-state index is 5.70. The molecule has 1 aromatic heterocycles. The van der Waals surface area contributed by atoms with Gasteiger partial charge in [-0.1, -0.05) is 17.7 Å². The van der Waals surface area contributed by atoms with Gasteiger partial charge in [-0.05, 0) is 37.5 Å². The third-order valence-corrected chi connectivity index (χ3v) is 2.42. The Morgan fingerprint density at radius 2 is 2.36 bits per heavy atom. The molecule has 1 atom stereocenters. The number of pyridine rings is 1. The molecule has 0 fully saturated rings. The fraction of sp³-hybridized carbons (Fsp3) is 0.364. The summed E-state index contributed by atoms with van der Waals surface area (Å²) in [5.74, 6) is 0.783. The normalized spacial score (nSPS) is 20.8. The van der Waals surface area contributed by atoms with E-state index in [-0.39, 0.29) is 6.10 Å². The first-order chi connectivity index (χ1) is 6.84. The van der Waals surface area contributed by atoms with Gasteiger partial charge in [-0.2, -0.15) is 0 Å². The Balaban J connectivity index is 1.99. The standard InChI is InChI=1S/C11H12ClNO/c12-11-7-6-10(8-13-11)14-9-4-2-1-3-5-9/h2,4,6-9H,1,3,5H2. The van der Waals surface area contributed by atoms with Crippen LogP contribution in [-0.4, -0.2) is 11.1 Å². The predicted octanol–water partition coefficient (Wildman–Crippen LogP) is 3.22. The molecule has 1 aromatic rings. The van der Waals surface area contributed by atoms with Gasteiger partial charge in [0.15, 0.2) is 0 Å². The van der Waals surface area contributed by atoms with Crippen molar-refractivity contribution in [1.29, 1.82) is 0 Å². The zero-order valence-corrected chi connectivity index (χ0v) is 8.57. The molecular weight excluding hydrogens is 198 g/mol. The van der Waals surface area contributed by atoms with E-state index in [4.69, 9.17) is 16.3 Å². The second-order valence-corrected chi connectivity index (χ2v) is 3.72. The molecule has 0 aromatic carbocycles. The second-order valence-electron chi connectivity index (χ2n) is 3.33. The first-order valence-corrected chi connectivity index (χ1v) is 5.17. The molecule has 1 aliphatic rings. The zero-order chi connectivity index (χ0) is 9.80. The number of allylic oxidation sites excluding steroid dienone is 1. The quantitative estimate of drug-likeness (QED) is 0.551. The van der Waals surface area contributed by atoms with Crippen LogP contribution in [0.1, 0.15) is 19.3 Å². The Kier molecular flexibility index (Phi) is 3.04. The summed E-state index contributed by atoms with van der Waals surface area (Å²) in [6.45, 7) is 0. The highest BCUT2D eigenvalue weighted by Crippen LogP contribution is 2.19. The van der Waals surface area contributed by atoms with Crippen molar-refractivity contribution in [3.63, 3.8) is 0 Å². The van der Waals surface area contributed by atoms with Crippen molar-refractivity contribution < 1.29 is 4.74 Å². The van der Waals surface area contributed by atoms with Gasteiger partial charge < -0.3 is 4.74 Å². The molecule has 0 radical (unpaired) electrons. The van der Waals surface area contributed by atoms with Crippen LogP contribution in [0, 0.1) is 0 Å². The molecule has 0 saturated heterocycles. The molecule has 1 unspecified atom stereocenters. The third kappa shape index (κ3) is 2.48. The Morgan fingerprint density at radius 3 is 3.00 bits per heavy atom. The van der Waals surface area contributed by atoms with E-state index in [1.807, 2.05) is 6.07 Å². The summed E-state index contributed by atoms with van der Waals surface area (Å²) < 4.78 is 5.70. The van der Waals surface area contributed by atoms with E-state index in [1.165, 1.54) is 12.8 Å². The number of hydrogen-bond donors (Lipinski definition) is 0. The smallest absolute Gasteiger partial charge is 0.138 e. The van der Waals surface area contributed by atoms with Gasteiger partial charge in [-0.25, -0.2) is 4.98 Å². The SMILES string of the molecule is Clc1ccc(OC2C=CCCC2)cn1. The van der Waals surface area contributed by atoms with Crippen molar-refractivity contribution in [2.24, 2.45) is 0 Å². The van der Waals surface area contributed by atoms with Gasteiger partial charge in [0.05, 0.1) is 6.20 Å². The first kappa shape index (κ1) is 9.53. The average Bonchev–Trinajstić information content (AvgIpc) is 2.23. The number of rotatable bonds is 2. The van der Waals surface area contributed by atoms with E-state index in [2.05, 4.69) is 17.1 Å². The Hall–Kier alpha value is -1.02. The maximum absolute atomic E-state index is 5.70. The summed E-state index contributed by atoms with van der Waals surface area (Å²) in [5, 5.41) is 0.497. The van der Waals surface area contributed by atoms with E-state index in [0.717, 1.165) is 12.2 Å². The lowest BCUT2D eigenvalue weighted by atomic mass is 10.1. The van der Waals surface area contributed by atoms with Gasteiger partial charge in [-0.15, -0.1) is 0 Å². The van der Waals surface area contributed by atoms with E-state index in [1.54, 1.807) is 12.3 Å². The lowest BCUT2D eigenvalue weighted by Gasteiger charge is -2.17. The minimum Gasteiger partial charge on any atom is -0.485 e. The van der Waals surface area contributed by atoms with E-state index in [9.17, 15) is 0 Å². The Morgan fingerprint density at radius 1 is 1.43 bits per heavy atom. The molecule has 1 aliphatic carbocycles. The fourth-order valence-electron chi connectivity index (χ4n) is 1.49. The van der Waals surface area contributed by atoms with Crippen molar-refractivity contribution in [2.45, 2.75) is 25.4 Å². The molecular formula is C11H12ClNO. The van der Waals surface area contributed by atoms with Crippen LogP contribution in [0.5, 0.6) is 5.75 Å². The average molecular weight is 210 g/mol. The van der Waals surface area contributed by atoms with Crippen LogP contribution in [0.15, 0.2) is 30.5 Å². The largest absolute Gasteiger partial charge is 0.485 e. The predicted molar refractivity (Wildman–Crippen MR) is 56.7 cm³/mol. The highest BCUT2D eigenvalue weighted by molar-refractivity contribution is 6.29. The van der Waals surface area contributed by atoms with Gasteiger partial charge >= 0.3 is 0 Å². The van der Waals surface area contributed by atoms with Crippen molar-refractivity contribution in [3.8, 4) is 5.75 Å². The van der Waals surface area contributed by atoms with Gasteiger partial charge in [0.1, 0.15) is 17.0 Å². The molecule has 74 valence electrons. The lowest BCUT2D eigenvalue weighted by Crippen LogP contribution is -2.15. The highest BCUT2D eigenvalue weighted by Gasteiger charge is 2.09. The van der Waals surface area contributed by atoms with Crippen LogP contribution < -0.4 is 4.74 Å². The number of nitrogens with zero attached hydrogens (tertiary/aromatic N) is 1. The maximum Gasteiger partial charge on any atom is 0.138 e. The summed E-state index contributed by atoms with van der Waals surface area (Å²) in [6.07, 6.45) is 9.58. The number of aromatic nitrogens is 1. The summed E-state index contributed by atoms with van der Waals surface area (Å²) in [4.78, 5) is 3.96. The number of ether oxygens (including phenoxy) is 1. The monoisotopic (exact) mass is 209 g/mol. The van der Waals surface area contributed by atoms with E-state index < -0.39 is 0 Å². The topological polar surface area (TPSA) is 22.1 Å². The Bertz CT molecular complexity index is 321. The minimum atomic E-state index is 0.201. The molecule has 14 heavy (non-hydrogen) atoms. The van der Waals surface area contributed by atoms with Crippen LogP contribution in [0.2, 0.25) is 5.15 Å². The van der Waals surface area contributed by atoms with Crippen LogP contribution in [0.25, 0.3) is 0 Å². The van der Waals surface area contributed by atoms with Crippen LogP contribution in [0.4, 0.5) is 0 Å². The van der Waals surface area contributed by atoms with E-state index >= 15 is 0 Å². The van der Waals surface area contributed by atoms with Gasteiger partial charge in [0.25, 0.3) is 0 Å². The second kappa shape index (κ2) is 4.47. The molecule has 0 saturated carbocycles. The van der Waals surface area contributed by atoms with Gasteiger partial charge in [0.2, 0.25) is 0 Å². The summed E-state index contributed by atoms with van der Waals surface area (Å²) in [6, 6.07) is 3.58. The molecule has 1 heterocycles. The van der Waals surface area contributed by atoms with Crippen molar-refractivity contribution in [2.75, 3.05) is 0 Å². The lowest BCUT2D eigenvalue weighted by molar-refractivity contribution is 0.229. The molecule has 0 N–H and O–H groups in total. The zero-order valence-electron chi connectivity index (χ0n) is 7.82. The van der Waals surface area contributed by atoms with Crippen molar-refractivity contribution in [3.05, 3.63) is 35.6 Å².